The molecule has 0 N–H and O–H groups in total. The number of fused-ring (bicyclic) bond motifs is 1. The summed E-state index contributed by atoms with van der Waals surface area (Å²) in [6, 6.07) is 0.732. The minimum absolute atomic E-state index is 0.524. The van der Waals surface area contributed by atoms with Crippen LogP contribution in [0.15, 0.2) is 4.99 Å². The third kappa shape index (κ3) is 2.20. The molecule has 0 amide bonds. The molecule has 1 saturated carbocycles. The van der Waals surface area contributed by atoms with Crippen LogP contribution in [0.2, 0.25) is 5.31 Å². The lowest BCUT2D eigenvalue weighted by atomic mass is 9.65. The van der Waals surface area contributed by atoms with Crippen molar-refractivity contribution in [2.45, 2.75) is 49.2 Å². The molecule has 0 radical (unpaired) electrons. The lowest BCUT2D eigenvalue weighted by molar-refractivity contribution is 0.354. The maximum absolute atomic E-state index is 4.38. The van der Waals surface area contributed by atoms with E-state index >= 15 is 0 Å². The molecule has 1 heterocycles. The van der Waals surface area contributed by atoms with Gasteiger partial charge in [-0.05, 0) is 12.8 Å². The second-order valence-electron chi connectivity index (χ2n) is 5.60. The normalized spacial score (nSPS) is 44.2. The van der Waals surface area contributed by atoms with Gasteiger partial charge in [0, 0.05) is 25.4 Å². The second kappa shape index (κ2) is 4.04. The quantitative estimate of drug-likeness (QED) is 0.583. The van der Waals surface area contributed by atoms with Gasteiger partial charge >= 0.3 is 0 Å². The van der Waals surface area contributed by atoms with Gasteiger partial charge in [0.1, 0.15) is 7.85 Å². The van der Waals surface area contributed by atoms with E-state index < -0.39 is 0 Å². The van der Waals surface area contributed by atoms with Crippen molar-refractivity contribution in [3.8, 4) is 0 Å². The first-order valence-corrected chi connectivity index (χ1v) is 6.78. The van der Waals surface area contributed by atoms with Crippen LogP contribution in [0.25, 0.3) is 0 Å². The standard InChI is InChI=1S/C11H21BN2S/c1-11(12)6-4-5-8-9(7-11)15-10(13-2)14(8)3/h8-9H,4-7,12H2,1-3H3/b13-10+/t8?,9-,11?/m0/s1. The summed E-state index contributed by atoms with van der Waals surface area (Å²) >= 11 is 1.99. The van der Waals surface area contributed by atoms with Crippen molar-refractivity contribution in [3.63, 3.8) is 0 Å². The van der Waals surface area contributed by atoms with E-state index in [-0.39, 0.29) is 0 Å². The Labute approximate surface area is 98.3 Å². The molecular formula is C11H21BN2S. The van der Waals surface area contributed by atoms with Crippen LogP contribution < -0.4 is 0 Å². The molecule has 0 bridgehead atoms. The van der Waals surface area contributed by atoms with Crippen LogP contribution in [0.5, 0.6) is 0 Å². The molecule has 1 aliphatic carbocycles. The van der Waals surface area contributed by atoms with Gasteiger partial charge < -0.3 is 4.90 Å². The Morgan fingerprint density at radius 1 is 1.60 bits per heavy atom. The number of thioether (sulfide) groups is 1. The van der Waals surface area contributed by atoms with Crippen molar-refractivity contribution in [3.05, 3.63) is 0 Å². The lowest BCUT2D eigenvalue weighted by Gasteiger charge is -2.26. The molecule has 0 aromatic carbocycles. The van der Waals surface area contributed by atoms with E-state index in [2.05, 4.69) is 31.7 Å². The fourth-order valence-electron chi connectivity index (χ4n) is 2.89. The molecule has 0 spiro atoms. The minimum atomic E-state index is 0.524. The summed E-state index contributed by atoms with van der Waals surface area (Å²) in [6.45, 7) is 2.41. The largest absolute Gasteiger partial charge is 0.350 e. The molecule has 3 atom stereocenters. The molecule has 0 aromatic rings. The zero-order chi connectivity index (χ0) is 11.1. The summed E-state index contributed by atoms with van der Waals surface area (Å²) in [6.07, 6.45) is 5.44. The van der Waals surface area contributed by atoms with Gasteiger partial charge in [-0.3, -0.25) is 4.99 Å². The fraction of sp³-hybridized carbons (Fsp3) is 0.909. The number of rotatable bonds is 0. The van der Waals surface area contributed by atoms with Crippen LogP contribution in [-0.4, -0.2) is 43.3 Å². The van der Waals surface area contributed by atoms with E-state index in [0.717, 1.165) is 11.3 Å². The Balaban J connectivity index is 2.16. The zero-order valence-corrected chi connectivity index (χ0v) is 11.1. The third-order valence-corrected chi connectivity index (χ3v) is 5.25. The summed E-state index contributed by atoms with van der Waals surface area (Å²) in [5, 5.41) is 2.53. The van der Waals surface area contributed by atoms with Gasteiger partial charge in [-0.2, -0.15) is 0 Å². The summed E-state index contributed by atoms with van der Waals surface area (Å²) in [4.78, 5) is 6.78. The molecule has 1 saturated heterocycles. The van der Waals surface area contributed by atoms with Crippen molar-refractivity contribution in [1.29, 1.82) is 0 Å². The minimum Gasteiger partial charge on any atom is -0.350 e. The van der Waals surface area contributed by atoms with Crippen molar-refractivity contribution in [2.75, 3.05) is 14.1 Å². The Morgan fingerprint density at radius 3 is 3.00 bits per heavy atom. The highest BCUT2D eigenvalue weighted by Crippen LogP contribution is 2.46. The molecule has 4 heteroatoms. The predicted octanol–water partition coefficient (Wildman–Crippen LogP) is 1.77. The lowest BCUT2D eigenvalue weighted by Crippen LogP contribution is -2.33. The molecule has 2 rings (SSSR count). The maximum atomic E-state index is 4.38. The number of hydrogen-bond donors (Lipinski definition) is 0. The van der Waals surface area contributed by atoms with Crippen molar-refractivity contribution >= 4 is 24.8 Å². The highest BCUT2D eigenvalue weighted by atomic mass is 32.2. The van der Waals surface area contributed by atoms with E-state index in [4.69, 9.17) is 0 Å². The van der Waals surface area contributed by atoms with Gasteiger partial charge in [0.15, 0.2) is 5.17 Å². The summed E-state index contributed by atoms with van der Waals surface area (Å²) in [7, 11) is 6.53. The number of aliphatic imine (C=N–C) groups is 1. The van der Waals surface area contributed by atoms with E-state index in [1.807, 2.05) is 18.8 Å². The fourth-order valence-corrected chi connectivity index (χ4v) is 4.58. The number of nitrogens with zero attached hydrogens (tertiary/aromatic N) is 2. The first kappa shape index (κ1) is 11.4. The maximum Gasteiger partial charge on any atom is 0.159 e. The van der Waals surface area contributed by atoms with E-state index in [0.29, 0.717) is 5.31 Å². The van der Waals surface area contributed by atoms with Gasteiger partial charge in [-0.15, -0.1) is 0 Å². The van der Waals surface area contributed by atoms with Gasteiger partial charge in [0.05, 0.1) is 0 Å². The molecular weight excluding hydrogens is 203 g/mol. The monoisotopic (exact) mass is 224 g/mol. The van der Waals surface area contributed by atoms with E-state index in [1.165, 1.54) is 30.9 Å². The van der Waals surface area contributed by atoms with Gasteiger partial charge in [0.25, 0.3) is 0 Å². The molecule has 2 aliphatic rings. The first-order chi connectivity index (χ1) is 7.03. The van der Waals surface area contributed by atoms with Crippen molar-refractivity contribution in [2.24, 2.45) is 4.99 Å². The Bertz CT molecular complexity index is 278. The average molecular weight is 224 g/mol. The van der Waals surface area contributed by atoms with Gasteiger partial charge in [-0.1, -0.05) is 36.8 Å². The van der Waals surface area contributed by atoms with E-state index in [1.54, 1.807) is 0 Å². The van der Waals surface area contributed by atoms with Crippen LogP contribution in [0.1, 0.15) is 32.6 Å². The highest BCUT2D eigenvalue weighted by molar-refractivity contribution is 8.14. The molecule has 2 fully saturated rings. The summed E-state index contributed by atoms with van der Waals surface area (Å²) in [5.41, 5.74) is 0. The Morgan fingerprint density at radius 2 is 2.33 bits per heavy atom. The van der Waals surface area contributed by atoms with Crippen LogP contribution in [-0.2, 0) is 0 Å². The predicted molar refractivity (Wildman–Crippen MR) is 71.7 cm³/mol. The third-order valence-electron chi connectivity index (χ3n) is 3.78. The molecule has 2 nitrogen and oxygen atoms in total. The Kier molecular flexibility index (Phi) is 3.06. The SMILES string of the molecule is BC1(C)CCCC2[C@H](C1)S/C(=N/C)N2C. The van der Waals surface area contributed by atoms with Crippen molar-refractivity contribution in [1.82, 2.24) is 4.90 Å². The van der Waals surface area contributed by atoms with Gasteiger partial charge in [-0.25, -0.2) is 0 Å². The molecule has 84 valence electrons. The topological polar surface area (TPSA) is 15.6 Å². The van der Waals surface area contributed by atoms with Gasteiger partial charge in [0.2, 0.25) is 0 Å². The summed E-state index contributed by atoms with van der Waals surface area (Å²) in [5.74, 6) is 0. The summed E-state index contributed by atoms with van der Waals surface area (Å²) < 4.78 is 0. The Hall–Kier alpha value is -0.115. The number of amidine groups is 1. The second-order valence-corrected chi connectivity index (χ2v) is 6.81. The van der Waals surface area contributed by atoms with E-state index in [9.17, 15) is 0 Å². The zero-order valence-electron chi connectivity index (χ0n) is 10.3. The van der Waals surface area contributed by atoms with Crippen LogP contribution in [0, 0.1) is 0 Å². The molecule has 2 unspecified atom stereocenters. The average Bonchev–Trinajstić information content (AvgIpc) is 2.37. The smallest absolute Gasteiger partial charge is 0.159 e. The van der Waals surface area contributed by atoms with Crippen molar-refractivity contribution < 1.29 is 0 Å². The number of hydrogen-bond acceptors (Lipinski definition) is 2. The molecule has 15 heavy (non-hydrogen) atoms. The molecule has 0 aromatic heterocycles. The van der Waals surface area contributed by atoms with Crippen LogP contribution in [0.3, 0.4) is 0 Å². The van der Waals surface area contributed by atoms with Crippen LogP contribution in [0.4, 0.5) is 0 Å². The highest BCUT2D eigenvalue weighted by Gasteiger charge is 2.41. The van der Waals surface area contributed by atoms with Crippen LogP contribution >= 0.6 is 11.8 Å². The first-order valence-electron chi connectivity index (χ1n) is 5.90. The molecule has 1 aliphatic heterocycles.